The lowest BCUT2D eigenvalue weighted by Gasteiger charge is -2.11. The number of hydrogen-bond donors (Lipinski definition) is 0. The minimum Gasteiger partial charge on any atom is -0.491 e. The zero-order chi connectivity index (χ0) is 12.8. The minimum atomic E-state index is -0.362. The lowest BCUT2D eigenvalue weighted by atomic mass is 10.2. The molecule has 0 aliphatic carbocycles. The van der Waals surface area contributed by atoms with Gasteiger partial charge in [0.15, 0.2) is 0 Å². The van der Waals surface area contributed by atoms with Crippen molar-refractivity contribution in [3.63, 3.8) is 0 Å². The molecule has 1 aliphatic rings. The summed E-state index contributed by atoms with van der Waals surface area (Å²) in [6.07, 6.45) is 2.17. The maximum atomic E-state index is 13.3. The number of alkyl halides is 1. The molecule has 0 radical (unpaired) electrons. The van der Waals surface area contributed by atoms with Gasteiger partial charge in [0.25, 0.3) is 0 Å². The first-order valence-electron chi connectivity index (χ1n) is 5.88. The highest BCUT2D eigenvalue weighted by Crippen LogP contribution is 2.18. The van der Waals surface area contributed by atoms with Crippen LogP contribution in [0.5, 0.6) is 5.75 Å². The summed E-state index contributed by atoms with van der Waals surface area (Å²) in [6, 6.07) is 4.41. The van der Waals surface area contributed by atoms with E-state index in [1.165, 1.54) is 12.1 Å². The van der Waals surface area contributed by atoms with E-state index < -0.39 is 0 Å². The maximum Gasteiger partial charge on any atom is 0.128 e. The second-order valence-corrected chi connectivity index (χ2v) is 4.32. The molecule has 2 rings (SSSR count). The van der Waals surface area contributed by atoms with Crippen LogP contribution in [0.25, 0.3) is 0 Å². The molecular formula is C14H14ClFO2. The first-order valence-corrected chi connectivity index (χ1v) is 6.41. The normalized spacial score (nSPS) is 18.2. The minimum absolute atomic E-state index is 0.116. The van der Waals surface area contributed by atoms with Crippen molar-refractivity contribution in [3.8, 4) is 17.6 Å². The van der Waals surface area contributed by atoms with Gasteiger partial charge < -0.3 is 9.47 Å². The van der Waals surface area contributed by atoms with Crippen molar-refractivity contribution in [3.05, 3.63) is 29.6 Å². The highest BCUT2D eigenvalue weighted by atomic mass is 35.5. The molecule has 18 heavy (non-hydrogen) atoms. The van der Waals surface area contributed by atoms with Crippen LogP contribution in [0.15, 0.2) is 18.2 Å². The summed E-state index contributed by atoms with van der Waals surface area (Å²) < 4.78 is 24.3. The average molecular weight is 269 g/mol. The Balaban J connectivity index is 2.00. The van der Waals surface area contributed by atoms with E-state index >= 15 is 0 Å². The van der Waals surface area contributed by atoms with Gasteiger partial charge in [-0.2, -0.15) is 0 Å². The zero-order valence-electron chi connectivity index (χ0n) is 9.92. The third kappa shape index (κ3) is 3.90. The van der Waals surface area contributed by atoms with Crippen molar-refractivity contribution in [2.45, 2.75) is 18.9 Å². The van der Waals surface area contributed by atoms with E-state index in [4.69, 9.17) is 21.1 Å². The van der Waals surface area contributed by atoms with Crippen molar-refractivity contribution in [2.75, 3.05) is 19.1 Å². The molecule has 1 aromatic carbocycles. The topological polar surface area (TPSA) is 18.5 Å². The number of rotatable bonds is 3. The molecule has 1 saturated heterocycles. The number of halogens is 2. The zero-order valence-corrected chi connectivity index (χ0v) is 10.7. The molecule has 1 aromatic rings. The van der Waals surface area contributed by atoms with Gasteiger partial charge in [0, 0.05) is 18.2 Å². The summed E-state index contributed by atoms with van der Waals surface area (Å²) in [5.74, 6) is 5.79. The van der Waals surface area contributed by atoms with Gasteiger partial charge in [-0.3, -0.25) is 0 Å². The van der Waals surface area contributed by atoms with Crippen molar-refractivity contribution in [1.29, 1.82) is 0 Å². The molecular weight excluding hydrogens is 255 g/mol. The van der Waals surface area contributed by atoms with Gasteiger partial charge in [0.05, 0.1) is 12.0 Å². The monoisotopic (exact) mass is 268 g/mol. The van der Waals surface area contributed by atoms with Crippen LogP contribution in [-0.4, -0.2) is 25.2 Å². The van der Waals surface area contributed by atoms with Gasteiger partial charge in [0.1, 0.15) is 18.2 Å². The largest absolute Gasteiger partial charge is 0.491 e. The summed E-state index contributed by atoms with van der Waals surface area (Å²) in [4.78, 5) is 0. The average Bonchev–Trinajstić information content (AvgIpc) is 2.86. The lowest BCUT2D eigenvalue weighted by Crippen LogP contribution is -2.16. The van der Waals surface area contributed by atoms with Crippen molar-refractivity contribution >= 4 is 11.6 Å². The first-order chi connectivity index (χ1) is 8.78. The SMILES string of the molecule is Fc1cc(C#CCCl)cc(OCC2CCCO2)c1. The smallest absolute Gasteiger partial charge is 0.128 e. The summed E-state index contributed by atoms with van der Waals surface area (Å²) in [6.45, 7) is 1.23. The maximum absolute atomic E-state index is 13.3. The summed E-state index contributed by atoms with van der Waals surface area (Å²) >= 11 is 5.46. The number of benzene rings is 1. The second kappa shape index (κ2) is 6.63. The van der Waals surface area contributed by atoms with Crippen molar-refractivity contribution < 1.29 is 13.9 Å². The summed E-state index contributed by atoms with van der Waals surface area (Å²) in [5.41, 5.74) is 0.568. The Hall–Kier alpha value is -1.24. The van der Waals surface area contributed by atoms with Crippen LogP contribution in [0.1, 0.15) is 18.4 Å². The van der Waals surface area contributed by atoms with Crippen LogP contribution in [0, 0.1) is 17.7 Å². The van der Waals surface area contributed by atoms with Gasteiger partial charge >= 0.3 is 0 Å². The molecule has 0 N–H and O–H groups in total. The molecule has 1 aliphatic heterocycles. The summed E-state index contributed by atoms with van der Waals surface area (Å²) in [5, 5.41) is 0. The van der Waals surface area contributed by atoms with Crippen LogP contribution in [0.2, 0.25) is 0 Å². The quantitative estimate of drug-likeness (QED) is 0.620. The van der Waals surface area contributed by atoms with E-state index in [1.807, 2.05) is 0 Å². The standard InChI is InChI=1S/C14H14ClFO2/c15-5-1-3-11-7-12(16)9-14(8-11)18-10-13-4-2-6-17-13/h7-9,13H,2,4-6,10H2. The fourth-order valence-corrected chi connectivity index (χ4v) is 1.89. The molecule has 4 heteroatoms. The summed E-state index contributed by atoms with van der Waals surface area (Å²) in [7, 11) is 0. The molecule has 1 fully saturated rings. The Morgan fingerprint density at radius 2 is 2.33 bits per heavy atom. The molecule has 0 aromatic heterocycles. The van der Waals surface area contributed by atoms with Crippen LogP contribution in [-0.2, 0) is 4.74 Å². The molecule has 0 amide bonds. The Morgan fingerprint density at radius 1 is 1.44 bits per heavy atom. The van der Waals surface area contributed by atoms with E-state index in [0.717, 1.165) is 19.4 Å². The highest BCUT2D eigenvalue weighted by molar-refractivity contribution is 6.19. The van der Waals surface area contributed by atoms with Gasteiger partial charge in [-0.1, -0.05) is 11.8 Å². The predicted molar refractivity (Wildman–Crippen MR) is 68.5 cm³/mol. The van der Waals surface area contributed by atoms with Gasteiger partial charge in [-0.25, -0.2) is 4.39 Å². The Morgan fingerprint density at radius 3 is 3.06 bits per heavy atom. The van der Waals surface area contributed by atoms with E-state index in [9.17, 15) is 4.39 Å². The molecule has 2 nitrogen and oxygen atoms in total. The van der Waals surface area contributed by atoms with Crippen LogP contribution in [0.3, 0.4) is 0 Å². The molecule has 0 saturated carbocycles. The first kappa shape index (κ1) is 13.2. The molecule has 1 unspecified atom stereocenters. The number of hydrogen-bond acceptors (Lipinski definition) is 2. The Kier molecular flexibility index (Phi) is 4.86. The molecule has 0 bridgehead atoms. The van der Waals surface area contributed by atoms with Gasteiger partial charge in [0.2, 0.25) is 0 Å². The van der Waals surface area contributed by atoms with E-state index in [1.54, 1.807) is 6.07 Å². The fourth-order valence-electron chi connectivity index (χ4n) is 1.82. The number of ether oxygens (including phenoxy) is 2. The Labute approximate surface area is 111 Å². The van der Waals surface area contributed by atoms with Crippen molar-refractivity contribution in [2.24, 2.45) is 0 Å². The van der Waals surface area contributed by atoms with E-state index in [-0.39, 0.29) is 17.8 Å². The lowest BCUT2D eigenvalue weighted by molar-refractivity contribution is 0.0678. The third-order valence-corrected chi connectivity index (χ3v) is 2.76. The van der Waals surface area contributed by atoms with Crippen molar-refractivity contribution in [1.82, 2.24) is 0 Å². The van der Waals surface area contributed by atoms with Crippen LogP contribution in [0.4, 0.5) is 4.39 Å². The molecule has 1 heterocycles. The predicted octanol–water partition coefficient (Wildman–Crippen LogP) is 2.97. The third-order valence-electron chi connectivity index (χ3n) is 2.63. The van der Waals surface area contributed by atoms with E-state index in [0.29, 0.717) is 17.9 Å². The molecule has 0 spiro atoms. The van der Waals surface area contributed by atoms with Gasteiger partial charge in [-0.15, -0.1) is 11.6 Å². The highest BCUT2D eigenvalue weighted by Gasteiger charge is 2.16. The second-order valence-electron chi connectivity index (χ2n) is 4.06. The molecule has 1 atom stereocenters. The molecule has 96 valence electrons. The Bertz CT molecular complexity index is 459. The van der Waals surface area contributed by atoms with Crippen LogP contribution >= 0.6 is 11.6 Å². The fraction of sp³-hybridized carbons (Fsp3) is 0.429. The van der Waals surface area contributed by atoms with E-state index in [2.05, 4.69) is 11.8 Å². The van der Waals surface area contributed by atoms with Crippen LogP contribution < -0.4 is 4.74 Å². The van der Waals surface area contributed by atoms with Gasteiger partial charge in [-0.05, 0) is 25.0 Å².